The highest BCUT2D eigenvalue weighted by Gasteiger charge is 2.32. The minimum Gasteiger partial charge on any atom is -0.493 e. The number of aromatic nitrogens is 1. The number of hydrogen-bond acceptors (Lipinski definition) is 7. The lowest BCUT2D eigenvalue weighted by atomic mass is 9.96. The average Bonchev–Trinajstić information content (AvgIpc) is 3.39. The molecule has 1 saturated heterocycles. The Bertz CT molecular complexity index is 1460. The maximum absolute atomic E-state index is 15.5. The van der Waals surface area contributed by atoms with Gasteiger partial charge in [0, 0.05) is 30.5 Å². The van der Waals surface area contributed by atoms with Crippen molar-refractivity contribution in [2.45, 2.75) is 18.7 Å². The summed E-state index contributed by atoms with van der Waals surface area (Å²) < 4.78 is 95.6. The maximum Gasteiger partial charge on any atom is 0.573 e. The molecule has 0 radical (unpaired) electrons. The second-order valence-electron chi connectivity index (χ2n) is 8.04. The van der Waals surface area contributed by atoms with E-state index in [1.54, 1.807) is 0 Å². The van der Waals surface area contributed by atoms with Crippen molar-refractivity contribution in [1.82, 2.24) is 4.98 Å². The molecule has 0 spiro atoms. The second kappa shape index (κ2) is 10.9. The molecule has 4 rings (SSSR count). The van der Waals surface area contributed by atoms with Gasteiger partial charge in [0.1, 0.15) is 28.6 Å². The summed E-state index contributed by atoms with van der Waals surface area (Å²) in [4.78, 5) is 28.4. The largest absolute Gasteiger partial charge is 0.573 e. The summed E-state index contributed by atoms with van der Waals surface area (Å²) in [5, 5.41) is 2.40. The monoisotopic (exact) mass is 538 g/mol. The van der Waals surface area contributed by atoms with E-state index in [1.165, 1.54) is 18.3 Å². The quantitative estimate of drug-likeness (QED) is 0.396. The number of ether oxygens (including phenoxy) is 4. The number of nitrogens with two attached hydrogens (primary N) is 1. The number of hydrogen-bond donors (Lipinski definition) is 2. The number of halogens is 4. The fourth-order valence-electron chi connectivity index (χ4n) is 3.74. The molecule has 2 aromatic carbocycles. The molecule has 0 saturated carbocycles. The number of methoxy groups -OCH3 is 1. The molecule has 1 aliphatic rings. The van der Waals surface area contributed by atoms with Crippen LogP contribution in [-0.2, 0) is 4.74 Å². The number of carbonyl (C=O) groups excluding carboxylic acids is 2. The van der Waals surface area contributed by atoms with E-state index in [2.05, 4.69) is 15.0 Å². The molecule has 0 aliphatic carbocycles. The van der Waals surface area contributed by atoms with E-state index in [0.29, 0.717) is 24.7 Å². The van der Waals surface area contributed by atoms with Gasteiger partial charge in [0.2, 0.25) is 0 Å². The van der Waals surface area contributed by atoms with Crippen LogP contribution in [0.2, 0.25) is 0 Å². The standard InChI is InChI=1S/C25H21F4N3O6/c1-35-20-11-16(38-25(27,28)29)2-3-19(20)37-21-9-14(13-5-7-36-12-13)8-17(26)22(21)24(34)32-15-4-6-31-18(10-15)23(30)33/h2-4,6,8-11,13H,5,7,12H2,1H3,(H2,30,33)(H,31,32,34)/i1D3. The van der Waals surface area contributed by atoms with Crippen LogP contribution in [0.1, 0.15) is 42.9 Å². The number of primary amides is 1. The van der Waals surface area contributed by atoms with Gasteiger partial charge in [-0.25, -0.2) is 4.39 Å². The topological polar surface area (TPSA) is 122 Å². The Morgan fingerprint density at radius 3 is 2.66 bits per heavy atom. The van der Waals surface area contributed by atoms with Crippen LogP contribution in [0, 0.1) is 5.82 Å². The summed E-state index contributed by atoms with van der Waals surface area (Å²) in [5.74, 6) is -5.58. The first-order valence-electron chi connectivity index (χ1n) is 12.4. The third-order valence-electron chi connectivity index (χ3n) is 5.45. The lowest BCUT2D eigenvalue weighted by molar-refractivity contribution is -0.274. The van der Waals surface area contributed by atoms with Crippen LogP contribution >= 0.6 is 0 Å². The van der Waals surface area contributed by atoms with Crippen molar-refractivity contribution >= 4 is 17.5 Å². The molecule has 1 fully saturated rings. The maximum atomic E-state index is 15.5. The predicted octanol–water partition coefficient (Wildman–Crippen LogP) is 4.78. The highest BCUT2D eigenvalue weighted by atomic mass is 19.4. The molecule has 1 atom stereocenters. The lowest BCUT2D eigenvalue weighted by Gasteiger charge is -2.18. The van der Waals surface area contributed by atoms with Crippen molar-refractivity contribution in [3.8, 4) is 23.0 Å². The first-order valence-corrected chi connectivity index (χ1v) is 10.9. The van der Waals surface area contributed by atoms with Gasteiger partial charge < -0.3 is 30.0 Å². The molecule has 1 unspecified atom stereocenters. The lowest BCUT2D eigenvalue weighted by Crippen LogP contribution is -2.18. The van der Waals surface area contributed by atoms with Crippen molar-refractivity contribution in [3.63, 3.8) is 0 Å². The molecule has 2 heterocycles. The predicted molar refractivity (Wildman–Crippen MR) is 125 cm³/mol. The smallest absolute Gasteiger partial charge is 0.493 e. The second-order valence-corrected chi connectivity index (χ2v) is 8.04. The fraction of sp³-hybridized carbons (Fsp3) is 0.240. The Hall–Kier alpha value is -4.39. The van der Waals surface area contributed by atoms with Crippen LogP contribution in [0.3, 0.4) is 0 Å². The van der Waals surface area contributed by atoms with Gasteiger partial charge >= 0.3 is 6.36 Å². The molecule has 3 aromatic rings. The number of amides is 2. The number of pyridine rings is 1. The number of alkyl halides is 3. The van der Waals surface area contributed by atoms with E-state index < -0.39 is 59.6 Å². The molecule has 38 heavy (non-hydrogen) atoms. The van der Waals surface area contributed by atoms with Crippen LogP contribution in [0.5, 0.6) is 23.0 Å². The van der Waals surface area contributed by atoms with Crippen molar-refractivity contribution in [1.29, 1.82) is 0 Å². The van der Waals surface area contributed by atoms with E-state index in [4.69, 9.17) is 24.1 Å². The molecular weight excluding hydrogens is 514 g/mol. The minimum atomic E-state index is -5.09. The molecule has 3 N–H and O–H groups in total. The zero-order valence-corrected chi connectivity index (χ0v) is 19.3. The highest BCUT2D eigenvalue weighted by molar-refractivity contribution is 6.07. The van der Waals surface area contributed by atoms with E-state index in [-0.39, 0.29) is 23.9 Å². The molecule has 0 bridgehead atoms. The van der Waals surface area contributed by atoms with Gasteiger partial charge in [-0.3, -0.25) is 14.6 Å². The van der Waals surface area contributed by atoms with Crippen molar-refractivity contribution in [3.05, 3.63) is 71.3 Å². The summed E-state index contributed by atoms with van der Waals surface area (Å²) in [6.45, 7) is 0.667. The Kier molecular flexibility index (Phi) is 6.55. The molecule has 13 heteroatoms. The van der Waals surface area contributed by atoms with Crippen LogP contribution in [0.4, 0.5) is 23.2 Å². The molecule has 1 aromatic heterocycles. The fourth-order valence-corrected chi connectivity index (χ4v) is 3.74. The van der Waals surface area contributed by atoms with E-state index in [1.807, 2.05) is 0 Å². The zero-order chi connectivity index (χ0) is 29.9. The van der Waals surface area contributed by atoms with E-state index >= 15 is 4.39 Å². The number of nitrogens with one attached hydrogen (secondary N) is 1. The Balaban J connectivity index is 1.77. The molecule has 9 nitrogen and oxygen atoms in total. The summed E-state index contributed by atoms with van der Waals surface area (Å²) in [7, 11) is -3.12. The van der Waals surface area contributed by atoms with Crippen LogP contribution in [-0.4, -0.2) is 43.4 Å². The van der Waals surface area contributed by atoms with Crippen LogP contribution in [0.15, 0.2) is 48.7 Å². The number of nitrogens with zero attached hydrogens (tertiary/aromatic N) is 1. The third-order valence-corrected chi connectivity index (χ3v) is 5.45. The Labute approximate surface area is 217 Å². The summed E-state index contributed by atoms with van der Waals surface area (Å²) in [5.41, 5.74) is 4.82. The van der Waals surface area contributed by atoms with Crippen molar-refractivity contribution in [2.24, 2.45) is 5.73 Å². The summed E-state index contributed by atoms with van der Waals surface area (Å²) >= 11 is 0. The number of benzene rings is 2. The first kappa shape index (κ1) is 22.8. The number of anilines is 1. The zero-order valence-electron chi connectivity index (χ0n) is 22.3. The van der Waals surface area contributed by atoms with Crippen molar-refractivity contribution in [2.75, 3.05) is 25.6 Å². The summed E-state index contributed by atoms with van der Waals surface area (Å²) in [6.07, 6.45) is -3.36. The van der Waals surface area contributed by atoms with E-state index in [9.17, 15) is 22.8 Å². The van der Waals surface area contributed by atoms with Gasteiger partial charge in [-0.05, 0) is 48.4 Å². The number of rotatable bonds is 8. The molecule has 2 amide bonds. The van der Waals surface area contributed by atoms with Gasteiger partial charge in [0.05, 0.1) is 17.8 Å². The van der Waals surface area contributed by atoms with Gasteiger partial charge in [0.15, 0.2) is 11.5 Å². The molecule has 200 valence electrons. The van der Waals surface area contributed by atoms with Crippen LogP contribution in [0.25, 0.3) is 0 Å². The molecule has 1 aliphatic heterocycles. The van der Waals surface area contributed by atoms with E-state index in [0.717, 1.165) is 24.3 Å². The van der Waals surface area contributed by atoms with Gasteiger partial charge in [-0.15, -0.1) is 13.2 Å². The number of carbonyl (C=O) groups is 2. The third kappa shape index (κ3) is 6.29. The Morgan fingerprint density at radius 1 is 1.16 bits per heavy atom. The highest BCUT2D eigenvalue weighted by Crippen LogP contribution is 2.40. The first-order chi connectivity index (χ1) is 19.2. The van der Waals surface area contributed by atoms with Gasteiger partial charge in [-0.2, -0.15) is 0 Å². The van der Waals surface area contributed by atoms with Crippen molar-refractivity contribution < 1.29 is 50.2 Å². The summed E-state index contributed by atoms with van der Waals surface area (Å²) in [6, 6.07) is 7.28. The van der Waals surface area contributed by atoms with Gasteiger partial charge in [0.25, 0.3) is 11.8 Å². The minimum absolute atomic E-state index is 0.0393. The molecular formula is C25H21F4N3O6. The van der Waals surface area contributed by atoms with Gasteiger partial charge in [-0.1, -0.05) is 0 Å². The Morgan fingerprint density at radius 2 is 1.97 bits per heavy atom. The van der Waals surface area contributed by atoms with Crippen LogP contribution < -0.4 is 25.3 Å². The average molecular weight is 538 g/mol. The normalized spacial score (nSPS) is 16.6. The SMILES string of the molecule is [2H]C([2H])([2H])Oc1cc(OC(F)(F)F)ccc1Oc1cc(C2CCOC2)cc(F)c1C(=O)Nc1ccnc(C(N)=O)c1.